The molecule has 0 saturated heterocycles. The topological polar surface area (TPSA) is 80.3 Å². The van der Waals surface area contributed by atoms with Crippen LogP contribution in [0.2, 0.25) is 0 Å². The molecule has 2 rings (SSSR count). The molecule has 2 aromatic rings. The van der Waals surface area contributed by atoms with Crippen molar-refractivity contribution in [2.24, 2.45) is 0 Å². The molecule has 1 N–H and O–H groups in total. The fourth-order valence-corrected chi connectivity index (χ4v) is 3.82. The molecule has 8 heteroatoms. The van der Waals surface area contributed by atoms with E-state index in [-0.39, 0.29) is 21.5 Å². The SMILES string of the molecule is CC(=O)SCC(=O)c1ccc(S(=O)(=O)Nc2ccsc2)cc1. The molecule has 0 radical (unpaired) electrons. The molecular formula is C14H13NO4S3. The number of nitrogens with one attached hydrogen (secondary N) is 1. The number of Topliss-reactive ketones (excluding diaryl/α,β-unsaturated/α-hetero) is 1. The maximum absolute atomic E-state index is 12.2. The standard InChI is InChI=1S/C14H13NO4S3/c1-10(16)21-9-14(17)11-2-4-13(5-3-11)22(18,19)15-12-6-7-20-8-12/h2-8,15H,9H2,1H3. The Morgan fingerprint density at radius 1 is 1.18 bits per heavy atom. The third-order valence-electron chi connectivity index (χ3n) is 2.67. The van der Waals surface area contributed by atoms with E-state index in [1.807, 2.05) is 0 Å². The zero-order valence-corrected chi connectivity index (χ0v) is 14.1. The third kappa shape index (κ3) is 4.43. The van der Waals surface area contributed by atoms with Gasteiger partial charge in [-0.2, -0.15) is 11.3 Å². The molecule has 0 aliphatic heterocycles. The summed E-state index contributed by atoms with van der Waals surface area (Å²) >= 11 is 2.32. The minimum absolute atomic E-state index is 0.0502. The average molecular weight is 355 g/mol. The number of carbonyl (C=O) groups excluding carboxylic acids is 2. The van der Waals surface area contributed by atoms with E-state index in [0.29, 0.717) is 11.3 Å². The van der Waals surface area contributed by atoms with E-state index < -0.39 is 10.0 Å². The van der Waals surface area contributed by atoms with Crippen molar-refractivity contribution < 1.29 is 18.0 Å². The van der Waals surface area contributed by atoms with Gasteiger partial charge in [-0.05, 0) is 23.6 Å². The summed E-state index contributed by atoms with van der Waals surface area (Å²) in [5.74, 6) is -0.163. The lowest BCUT2D eigenvalue weighted by atomic mass is 10.1. The highest BCUT2D eigenvalue weighted by Crippen LogP contribution is 2.19. The quantitative estimate of drug-likeness (QED) is 0.806. The maximum atomic E-state index is 12.2. The Kier molecular flexibility index (Phi) is 5.38. The van der Waals surface area contributed by atoms with Crippen LogP contribution in [0.1, 0.15) is 17.3 Å². The van der Waals surface area contributed by atoms with Crippen LogP contribution in [-0.4, -0.2) is 25.1 Å². The summed E-state index contributed by atoms with van der Waals surface area (Å²) in [5, 5.41) is 3.33. The highest BCUT2D eigenvalue weighted by Gasteiger charge is 2.15. The van der Waals surface area contributed by atoms with Gasteiger partial charge in [0.15, 0.2) is 10.9 Å². The first-order chi connectivity index (χ1) is 10.4. The minimum atomic E-state index is -3.67. The van der Waals surface area contributed by atoms with Crippen LogP contribution in [0.25, 0.3) is 0 Å². The molecule has 1 heterocycles. The van der Waals surface area contributed by atoms with Gasteiger partial charge in [-0.1, -0.05) is 23.9 Å². The third-order valence-corrected chi connectivity index (χ3v) is 5.56. The van der Waals surface area contributed by atoms with Crippen molar-refractivity contribution in [1.29, 1.82) is 0 Å². The van der Waals surface area contributed by atoms with Crippen molar-refractivity contribution >= 4 is 49.7 Å². The van der Waals surface area contributed by atoms with E-state index >= 15 is 0 Å². The predicted molar refractivity (Wildman–Crippen MR) is 89.0 cm³/mol. The summed E-state index contributed by atoms with van der Waals surface area (Å²) in [6.07, 6.45) is 0. The van der Waals surface area contributed by atoms with E-state index in [1.54, 1.807) is 16.8 Å². The van der Waals surface area contributed by atoms with Crippen molar-refractivity contribution in [3.8, 4) is 0 Å². The highest BCUT2D eigenvalue weighted by atomic mass is 32.2. The van der Waals surface area contributed by atoms with Gasteiger partial charge >= 0.3 is 0 Å². The normalized spacial score (nSPS) is 11.1. The molecule has 0 aliphatic carbocycles. The number of anilines is 1. The first-order valence-corrected chi connectivity index (χ1v) is 9.61. The van der Waals surface area contributed by atoms with Gasteiger partial charge in [0.05, 0.1) is 16.3 Å². The number of ketones is 1. The molecule has 0 aliphatic rings. The van der Waals surface area contributed by atoms with Crippen LogP contribution in [0, 0.1) is 0 Å². The Bertz CT molecular complexity index is 765. The van der Waals surface area contributed by atoms with Crippen molar-refractivity contribution in [3.05, 3.63) is 46.7 Å². The van der Waals surface area contributed by atoms with Crippen molar-refractivity contribution in [1.82, 2.24) is 0 Å². The van der Waals surface area contributed by atoms with Gasteiger partial charge in [0.25, 0.3) is 10.0 Å². The number of thiophene rings is 1. The van der Waals surface area contributed by atoms with Crippen LogP contribution in [0.5, 0.6) is 0 Å². The van der Waals surface area contributed by atoms with Gasteiger partial charge in [0.1, 0.15) is 0 Å². The summed E-state index contributed by atoms with van der Waals surface area (Å²) < 4.78 is 26.8. The van der Waals surface area contributed by atoms with Crippen LogP contribution in [-0.2, 0) is 14.8 Å². The molecular weight excluding hydrogens is 342 g/mol. The lowest BCUT2D eigenvalue weighted by Crippen LogP contribution is -2.13. The average Bonchev–Trinajstić information content (AvgIpc) is 2.97. The molecule has 1 aromatic heterocycles. The van der Waals surface area contributed by atoms with Gasteiger partial charge in [0, 0.05) is 17.9 Å². The second-order valence-electron chi connectivity index (χ2n) is 4.35. The molecule has 0 fully saturated rings. The van der Waals surface area contributed by atoms with Gasteiger partial charge in [-0.3, -0.25) is 14.3 Å². The number of carbonyl (C=O) groups is 2. The van der Waals surface area contributed by atoms with Crippen LogP contribution >= 0.6 is 23.1 Å². The predicted octanol–water partition coefficient (Wildman–Crippen LogP) is 3.01. The molecule has 0 saturated carbocycles. The lowest BCUT2D eigenvalue weighted by Gasteiger charge is -2.07. The van der Waals surface area contributed by atoms with Crippen molar-refractivity contribution in [2.45, 2.75) is 11.8 Å². The minimum Gasteiger partial charge on any atom is -0.293 e. The zero-order valence-electron chi connectivity index (χ0n) is 11.6. The Labute approximate surface area is 136 Å². The Hall–Kier alpha value is -1.64. The number of hydrogen-bond acceptors (Lipinski definition) is 6. The second kappa shape index (κ2) is 7.08. The number of thioether (sulfide) groups is 1. The molecule has 0 atom stereocenters. The Morgan fingerprint density at radius 2 is 1.86 bits per heavy atom. The van der Waals surface area contributed by atoms with Crippen LogP contribution in [0.15, 0.2) is 46.0 Å². The molecule has 0 spiro atoms. The van der Waals surface area contributed by atoms with E-state index in [2.05, 4.69) is 4.72 Å². The van der Waals surface area contributed by atoms with E-state index in [4.69, 9.17) is 0 Å². The van der Waals surface area contributed by atoms with Gasteiger partial charge < -0.3 is 0 Å². The molecule has 0 amide bonds. The van der Waals surface area contributed by atoms with Crippen LogP contribution in [0.3, 0.4) is 0 Å². The Balaban J connectivity index is 2.11. The number of hydrogen-bond donors (Lipinski definition) is 1. The molecule has 1 aromatic carbocycles. The smallest absolute Gasteiger partial charge is 0.261 e. The first kappa shape index (κ1) is 16.7. The fraction of sp³-hybridized carbons (Fsp3) is 0.143. The zero-order chi connectivity index (χ0) is 16.2. The van der Waals surface area contributed by atoms with Crippen molar-refractivity contribution in [2.75, 3.05) is 10.5 Å². The van der Waals surface area contributed by atoms with Gasteiger partial charge in [0.2, 0.25) is 0 Å². The van der Waals surface area contributed by atoms with E-state index in [9.17, 15) is 18.0 Å². The van der Waals surface area contributed by atoms with Crippen molar-refractivity contribution in [3.63, 3.8) is 0 Å². The summed E-state index contributed by atoms with van der Waals surface area (Å²) in [6.45, 7) is 1.39. The number of sulfonamides is 1. The number of benzene rings is 1. The molecule has 22 heavy (non-hydrogen) atoms. The fourth-order valence-electron chi connectivity index (χ4n) is 1.61. The monoisotopic (exact) mass is 355 g/mol. The van der Waals surface area contributed by atoms with E-state index in [0.717, 1.165) is 11.8 Å². The molecule has 0 unspecified atom stereocenters. The maximum Gasteiger partial charge on any atom is 0.261 e. The van der Waals surface area contributed by atoms with Gasteiger partial charge in [-0.15, -0.1) is 0 Å². The molecule has 0 bridgehead atoms. The summed E-state index contributed by atoms with van der Waals surface area (Å²) in [5.41, 5.74) is 0.881. The Morgan fingerprint density at radius 3 is 2.41 bits per heavy atom. The summed E-state index contributed by atoms with van der Waals surface area (Å²) in [7, 11) is -3.67. The van der Waals surface area contributed by atoms with E-state index in [1.165, 1.54) is 42.5 Å². The van der Waals surface area contributed by atoms with Gasteiger partial charge in [-0.25, -0.2) is 8.42 Å². The lowest BCUT2D eigenvalue weighted by molar-refractivity contribution is -0.109. The molecule has 5 nitrogen and oxygen atoms in total. The van der Waals surface area contributed by atoms with Crippen LogP contribution in [0.4, 0.5) is 5.69 Å². The largest absolute Gasteiger partial charge is 0.293 e. The summed E-state index contributed by atoms with van der Waals surface area (Å²) in [6, 6.07) is 7.32. The second-order valence-corrected chi connectivity index (χ2v) is 7.96. The van der Waals surface area contributed by atoms with Crippen LogP contribution < -0.4 is 4.72 Å². The number of rotatable bonds is 6. The first-order valence-electron chi connectivity index (χ1n) is 6.20. The summed E-state index contributed by atoms with van der Waals surface area (Å²) in [4.78, 5) is 22.7. The molecule has 116 valence electrons. The highest BCUT2D eigenvalue weighted by molar-refractivity contribution is 8.14.